The van der Waals surface area contributed by atoms with Gasteiger partial charge in [0.15, 0.2) is 5.60 Å². The number of aliphatic hydroxyl groups is 2. The standard InChI is InChI=1S/C31H30BrN3O4/c1-21(8-5-6-17-36)31(39)26-19-24(32)13-15-28(26)34(30(31)38)20-22-9-7-12-25(18-22)35-29(37)16-14-27(33-35)23-10-3-2-4-11-23/h2-5,7-13,15,18-19,21,36,39H,6,14,16-17,20H2,1H3/b8-5+/t21-,31+/m1/s1. The highest BCUT2D eigenvalue weighted by atomic mass is 79.9. The van der Waals surface area contributed by atoms with Crippen LogP contribution in [0.15, 0.2) is 94.5 Å². The molecular weight excluding hydrogens is 558 g/mol. The second-order valence-electron chi connectivity index (χ2n) is 9.84. The van der Waals surface area contributed by atoms with E-state index in [1.165, 1.54) is 5.01 Å². The number of rotatable bonds is 8. The topological polar surface area (TPSA) is 93.4 Å². The third kappa shape index (κ3) is 5.20. The summed E-state index contributed by atoms with van der Waals surface area (Å²) in [7, 11) is 0. The number of nitrogens with zero attached hydrogens (tertiary/aromatic N) is 3. The summed E-state index contributed by atoms with van der Waals surface area (Å²) in [4.78, 5) is 28.2. The van der Waals surface area contributed by atoms with Crippen LogP contribution in [-0.2, 0) is 21.7 Å². The van der Waals surface area contributed by atoms with Gasteiger partial charge in [-0.1, -0.05) is 77.5 Å². The predicted molar refractivity (Wildman–Crippen MR) is 155 cm³/mol. The lowest BCUT2D eigenvalue weighted by Crippen LogP contribution is -2.44. The highest BCUT2D eigenvalue weighted by molar-refractivity contribution is 9.10. The summed E-state index contributed by atoms with van der Waals surface area (Å²) in [6.45, 7) is 2.01. The number of hydrogen-bond acceptors (Lipinski definition) is 5. The molecule has 200 valence electrons. The molecule has 8 heteroatoms. The second-order valence-corrected chi connectivity index (χ2v) is 10.8. The molecule has 5 rings (SSSR count). The summed E-state index contributed by atoms with van der Waals surface area (Å²) >= 11 is 3.48. The molecule has 0 saturated carbocycles. The van der Waals surface area contributed by atoms with Crippen LogP contribution in [0.25, 0.3) is 0 Å². The van der Waals surface area contributed by atoms with Crippen molar-refractivity contribution in [2.24, 2.45) is 11.0 Å². The van der Waals surface area contributed by atoms with Crippen molar-refractivity contribution in [3.8, 4) is 0 Å². The van der Waals surface area contributed by atoms with Crippen LogP contribution in [0.1, 0.15) is 42.9 Å². The van der Waals surface area contributed by atoms with E-state index in [9.17, 15) is 14.7 Å². The molecule has 2 aliphatic rings. The van der Waals surface area contributed by atoms with Crippen LogP contribution in [0, 0.1) is 5.92 Å². The lowest BCUT2D eigenvalue weighted by atomic mass is 9.83. The molecule has 3 aromatic rings. The maximum Gasteiger partial charge on any atom is 0.264 e. The molecule has 0 bridgehead atoms. The zero-order valence-corrected chi connectivity index (χ0v) is 23.2. The van der Waals surface area contributed by atoms with E-state index >= 15 is 0 Å². The molecule has 39 heavy (non-hydrogen) atoms. The number of halogens is 1. The van der Waals surface area contributed by atoms with Gasteiger partial charge in [0.1, 0.15) is 0 Å². The fraction of sp³-hybridized carbons (Fsp3) is 0.258. The molecule has 0 saturated heterocycles. The Balaban J connectivity index is 1.46. The van der Waals surface area contributed by atoms with Crippen LogP contribution in [0.4, 0.5) is 11.4 Å². The lowest BCUT2D eigenvalue weighted by molar-refractivity contribution is -0.139. The Morgan fingerprint density at radius 3 is 2.62 bits per heavy atom. The minimum Gasteiger partial charge on any atom is -0.396 e. The average Bonchev–Trinajstić information content (AvgIpc) is 3.16. The van der Waals surface area contributed by atoms with Crippen LogP contribution < -0.4 is 9.91 Å². The van der Waals surface area contributed by atoms with Crippen molar-refractivity contribution in [2.45, 2.75) is 38.3 Å². The monoisotopic (exact) mass is 587 g/mol. The van der Waals surface area contributed by atoms with E-state index in [2.05, 4.69) is 21.0 Å². The van der Waals surface area contributed by atoms with Gasteiger partial charge in [-0.05, 0) is 47.9 Å². The third-order valence-electron chi connectivity index (χ3n) is 7.25. The molecule has 7 nitrogen and oxygen atoms in total. The first kappa shape index (κ1) is 27.0. The van der Waals surface area contributed by atoms with E-state index in [1.807, 2.05) is 66.7 Å². The lowest BCUT2D eigenvalue weighted by Gasteiger charge is -2.28. The van der Waals surface area contributed by atoms with Gasteiger partial charge in [-0.25, -0.2) is 5.01 Å². The number of carbonyl (C=O) groups excluding carboxylic acids is 2. The molecule has 0 unspecified atom stereocenters. The van der Waals surface area contributed by atoms with E-state index in [0.717, 1.165) is 21.3 Å². The minimum absolute atomic E-state index is 0.00337. The van der Waals surface area contributed by atoms with Gasteiger partial charge < -0.3 is 15.1 Å². The van der Waals surface area contributed by atoms with Crippen LogP contribution in [0.2, 0.25) is 0 Å². The number of carbonyl (C=O) groups is 2. The molecule has 0 radical (unpaired) electrons. The van der Waals surface area contributed by atoms with Gasteiger partial charge in [0.25, 0.3) is 5.91 Å². The van der Waals surface area contributed by atoms with Crippen molar-refractivity contribution in [2.75, 3.05) is 16.5 Å². The Bertz CT molecular complexity index is 1460. The molecule has 2 aliphatic heterocycles. The maximum atomic E-state index is 13.8. The SMILES string of the molecule is C[C@H](/C=C/CCO)[C@@]1(O)C(=O)N(Cc2cccc(N3N=C(c4ccccc4)CCC3=O)c2)c2ccc(Br)cc21. The third-order valence-corrected chi connectivity index (χ3v) is 7.74. The zero-order chi connectivity index (χ0) is 27.6. The van der Waals surface area contributed by atoms with Gasteiger partial charge in [-0.3, -0.25) is 9.59 Å². The smallest absolute Gasteiger partial charge is 0.264 e. The van der Waals surface area contributed by atoms with Crippen molar-refractivity contribution in [3.63, 3.8) is 0 Å². The number of benzene rings is 3. The number of fused-ring (bicyclic) bond motifs is 1. The molecule has 0 fully saturated rings. The van der Waals surface area contributed by atoms with Gasteiger partial charge in [-0.15, -0.1) is 0 Å². The van der Waals surface area contributed by atoms with E-state index in [-0.39, 0.29) is 19.1 Å². The summed E-state index contributed by atoms with van der Waals surface area (Å²) in [5.74, 6) is -1.02. The number of aliphatic hydroxyl groups excluding tert-OH is 1. The summed E-state index contributed by atoms with van der Waals surface area (Å²) in [6.07, 6.45) is 4.93. The van der Waals surface area contributed by atoms with Gasteiger partial charge in [0.05, 0.1) is 23.6 Å². The summed E-state index contributed by atoms with van der Waals surface area (Å²) in [6, 6.07) is 22.7. The molecule has 0 aromatic heterocycles. The Labute approximate surface area is 236 Å². The number of hydrazone groups is 1. The number of hydrogen-bond donors (Lipinski definition) is 2. The Kier molecular flexibility index (Phi) is 7.79. The molecule has 3 aromatic carbocycles. The fourth-order valence-corrected chi connectivity index (χ4v) is 5.51. The molecular formula is C31H30BrN3O4. The molecule has 2 amide bonds. The Morgan fingerprint density at radius 1 is 1.05 bits per heavy atom. The van der Waals surface area contributed by atoms with Gasteiger partial charge in [0, 0.05) is 35.4 Å². The quantitative estimate of drug-likeness (QED) is 0.350. The van der Waals surface area contributed by atoms with Gasteiger partial charge >= 0.3 is 0 Å². The van der Waals surface area contributed by atoms with Crippen LogP contribution >= 0.6 is 15.9 Å². The Hall–Kier alpha value is -3.59. The van der Waals surface area contributed by atoms with Crippen molar-refractivity contribution in [3.05, 3.63) is 106 Å². The van der Waals surface area contributed by atoms with E-state index in [4.69, 9.17) is 5.11 Å². The molecule has 2 N–H and O–H groups in total. The minimum atomic E-state index is -1.75. The van der Waals surface area contributed by atoms with Crippen LogP contribution in [0.3, 0.4) is 0 Å². The zero-order valence-electron chi connectivity index (χ0n) is 21.6. The van der Waals surface area contributed by atoms with E-state index < -0.39 is 17.4 Å². The molecule has 2 atom stereocenters. The fourth-order valence-electron chi connectivity index (χ4n) is 5.15. The molecule has 0 spiro atoms. The first-order valence-electron chi connectivity index (χ1n) is 13.0. The maximum absolute atomic E-state index is 13.8. The van der Waals surface area contributed by atoms with Crippen LogP contribution in [-0.4, -0.2) is 34.3 Å². The normalized spacial score (nSPS) is 19.9. The molecule has 2 heterocycles. The number of amides is 2. The first-order chi connectivity index (χ1) is 18.8. The van der Waals surface area contributed by atoms with E-state index in [1.54, 1.807) is 30.0 Å². The predicted octanol–water partition coefficient (Wildman–Crippen LogP) is 5.29. The Morgan fingerprint density at radius 2 is 1.85 bits per heavy atom. The van der Waals surface area contributed by atoms with Gasteiger partial charge in [-0.2, -0.15) is 5.10 Å². The summed E-state index contributed by atoms with van der Waals surface area (Å²) in [5.41, 5.74) is 2.68. The first-order valence-corrected chi connectivity index (χ1v) is 13.8. The summed E-state index contributed by atoms with van der Waals surface area (Å²) in [5, 5.41) is 27.0. The summed E-state index contributed by atoms with van der Waals surface area (Å²) < 4.78 is 0.763. The van der Waals surface area contributed by atoms with Crippen molar-refractivity contribution >= 4 is 44.8 Å². The average molecular weight is 589 g/mol. The van der Waals surface area contributed by atoms with Crippen molar-refractivity contribution in [1.29, 1.82) is 0 Å². The van der Waals surface area contributed by atoms with Crippen molar-refractivity contribution < 1.29 is 19.8 Å². The van der Waals surface area contributed by atoms with Crippen molar-refractivity contribution in [1.82, 2.24) is 0 Å². The second kappa shape index (κ2) is 11.3. The van der Waals surface area contributed by atoms with Crippen LogP contribution in [0.5, 0.6) is 0 Å². The number of anilines is 2. The highest BCUT2D eigenvalue weighted by Crippen LogP contribution is 2.46. The largest absolute Gasteiger partial charge is 0.396 e. The van der Waals surface area contributed by atoms with Gasteiger partial charge in [0.2, 0.25) is 5.91 Å². The molecule has 0 aliphatic carbocycles. The highest BCUT2D eigenvalue weighted by Gasteiger charge is 2.52. The van der Waals surface area contributed by atoms with E-state index in [0.29, 0.717) is 36.2 Å².